The van der Waals surface area contributed by atoms with E-state index in [0.717, 1.165) is 13.0 Å². The van der Waals surface area contributed by atoms with Gasteiger partial charge in [-0.2, -0.15) is 12.6 Å². The Morgan fingerprint density at radius 1 is 1.14 bits per heavy atom. The average Bonchev–Trinajstić information content (AvgIpc) is 3.16. The summed E-state index contributed by atoms with van der Waals surface area (Å²) in [5.41, 5.74) is 5.09. The van der Waals surface area contributed by atoms with Crippen LogP contribution in [0.3, 0.4) is 0 Å². The zero-order chi connectivity index (χ0) is 21.3. The summed E-state index contributed by atoms with van der Waals surface area (Å²) in [6.07, 6.45) is 1.23. The monoisotopic (exact) mass is 417 g/mol. The number of nitrogens with two attached hydrogens (primary N) is 1. The molecule has 0 aromatic rings. The third-order valence-electron chi connectivity index (χ3n) is 4.24. The van der Waals surface area contributed by atoms with Crippen LogP contribution in [0.25, 0.3) is 0 Å². The topological polar surface area (TPSA) is 180 Å². The Labute approximate surface area is 168 Å². The van der Waals surface area contributed by atoms with Crippen molar-refractivity contribution in [1.82, 2.24) is 21.3 Å². The van der Waals surface area contributed by atoms with Crippen LogP contribution in [0.15, 0.2) is 0 Å². The molecule has 4 atom stereocenters. The molecule has 1 rings (SSSR count). The maximum Gasteiger partial charge on any atom is 0.327 e. The van der Waals surface area contributed by atoms with E-state index in [1.807, 2.05) is 0 Å². The quantitative estimate of drug-likeness (QED) is 0.181. The van der Waals surface area contributed by atoms with Crippen molar-refractivity contribution < 1.29 is 29.1 Å². The molecule has 12 heteroatoms. The number of aliphatic carboxylic acids is 1. The first kappa shape index (κ1) is 23.7. The number of hydrogen-bond acceptors (Lipinski definition) is 7. The number of carbonyl (C=O) groups excluding carboxylic acids is 4. The van der Waals surface area contributed by atoms with Crippen LogP contribution in [0.2, 0.25) is 0 Å². The number of rotatable bonds is 11. The molecular formula is C16H27N5O6S. The number of primary amides is 1. The summed E-state index contributed by atoms with van der Waals surface area (Å²) in [6, 6.07) is -3.74. The van der Waals surface area contributed by atoms with E-state index in [4.69, 9.17) is 10.8 Å². The minimum Gasteiger partial charge on any atom is -0.480 e. The SMILES string of the molecule is CC(NC(=O)C1CCCN1)C(=O)NC(CCC(N)=O)C(=O)NC(CS)C(=O)O. The van der Waals surface area contributed by atoms with E-state index in [2.05, 4.69) is 33.9 Å². The van der Waals surface area contributed by atoms with Gasteiger partial charge in [-0.15, -0.1) is 0 Å². The highest BCUT2D eigenvalue weighted by atomic mass is 32.1. The van der Waals surface area contributed by atoms with Gasteiger partial charge < -0.3 is 32.1 Å². The van der Waals surface area contributed by atoms with Crippen LogP contribution in [-0.2, 0) is 24.0 Å². The second-order valence-electron chi connectivity index (χ2n) is 6.53. The van der Waals surface area contributed by atoms with Gasteiger partial charge in [-0.05, 0) is 32.7 Å². The van der Waals surface area contributed by atoms with Crippen LogP contribution in [0.5, 0.6) is 0 Å². The molecule has 0 aliphatic carbocycles. The van der Waals surface area contributed by atoms with Crippen molar-refractivity contribution in [2.75, 3.05) is 12.3 Å². The van der Waals surface area contributed by atoms with Gasteiger partial charge >= 0.3 is 5.97 Å². The van der Waals surface area contributed by atoms with Crippen LogP contribution >= 0.6 is 12.6 Å². The Kier molecular flexibility index (Phi) is 9.73. The van der Waals surface area contributed by atoms with E-state index in [1.54, 1.807) is 0 Å². The minimum absolute atomic E-state index is 0.114. The van der Waals surface area contributed by atoms with Crippen molar-refractivity contribution in [3.63, 3.8) is 0 Å². The average molecular weight is 417 g/mol. The number of hydrogen-bond donors (Lipinski definition) is 7. The van der Waals surface area contributed by atoms with E-state index >= 15 is 0 Å². The van der Waals surface area contributed by atoms with Crippen LogP contribution in [0.1, 0.15) is 32.6 Å². The summed E-state index contributed by atoms with van der Waals surface area (Å²) in [5, 5.41) is 19.2. The normalized spacial score (nSPS) is 19.1. The van der Waals surface area contributed by atoms with E-state index in [-0.39, 0.29) is 30.5 Å². The van der Waals surface area contributed by atoms with Crippen molar-refractivity contribution in [1.29, 1.82) is 0 Å². The Bertz CT molecular complexity index is 610. The molecule has 1 saturated heterocycles. The first-order chi connectivity index (χ1) is 13.1. The number of amides is 4. The third kappa shape index (κ3) is 7.72. The van der Waals surface area contributed by atoms with Gasteiger partial charge in [0.1, 0.15) is 18.1 Å². The zero-order valence-corrected chi connectivity index (χ0v) is 16.5. The van der Waals surface area contributed by atoms with E-state index < -0.39 is 41.8 Å². The highest BCUT2D eigenvalue weighted by molar-refractivity contribution is 7.80. The molecular weight excluding hydrogens is 390 g/mol. The number of nitrogens with one attached hydrogen (secondary N) is 4. The second-order valence-corrected chi connectivity index (χ2v) is 6.89. The lowest BCUT2D eigenvalue weighted by atomic mass is 10.1. The molecule has 0 aromatic carbocycles. The van der Waals surface area contributed by atoms with Crippen LogP contribution in [0, 0.1) is 0 Å². The molecule has 1 heterocycles. The minimum atomic E-state index is -1.28. The fourth-order valence-electron chi connectivity index (χ4n) is 2.60. The predicted molar refractivity (Wildman–Crippen MR) is 102 cm³/mol. The van der Waals surface area contributed by atoms with Gasteiger partial charge in [-0.3, -0.25) is 19.2 Å². The molecule has 4 unspecified atom stereocenters. The molecule has 1 aliphatic heterocycles. The van der Waals surface area contributed by atoms with E-state index in [1.165, 1.54) is 6.92 Å². The second kappa shape index (κ2) is 11.5. The van der Waals surface area contributed by atoms with E-state index in [0.29, 0.717) is 6.42 Å². The summed E-state index contributed by atoms with van der Waals surface area (Å²) >= 11 is 3.86. The van der Waals surface area contributed by atoms with Crippen molar-refractivity contribution in [3.8, 4) is 0 Å². The van der Waals surface area contributed by atoms with Crippen molar-refractivity contribution in [3.05, 3.63) is 0 Å². The summed E-state index contributed by atoms with van der Waals surface area (Å²) in [6.45, 7) is 2.18. The van der Waals surface area contributed by atoms with Gasteiger partial charge in [-0.25, -0.2) is 4.79 Å². The van der Waals surface area contributed by atoms with Gasteiger partial charge in [0.15, 0.2) is 0 Å². The maximum atomic E-state index is 12.4. The standard InChI is InChI=1S/C16H27N5O6S/c1-8(19-14(24)9-3-2-6-18-9)13(23)20-10(4-5-12(17)22)15(25)21-11(7-28)16(26)27/h8-11,18,28H,2-7H2,1H3,(H2,17,22)(H,19,24)(H,20,23)(H,21,25)(H,26,27). The largest absolute Gasteiger partial charge is 0.480 e. The Hall–Kier alpha value is -2.34. The lowest BCUT2D eigenvalue weighted by Crippen LogP contribution is -2.56. The van der Waals surface area contributed by atoms with Crippen LogP contribution < -0.4 is 27.0 Å². The van der Waals surface area contributed by atoms with Crippen LogP contribution in [-0.4, -0.2) is 71.2 Å². The van der Waals surface area contributed by atoms with Gasteiger partial charge in [0, 0.05) is 12.2 Å². The van der Waals surface area contributed by atoms with E-state index in [9.17, 15) is 24.0 Å². The first-order valence-corrected chi connectivity index (χ1v) is 9.55. The Morgan fingerprint density at radius 3 is 2.29 bits per heavy atom. The third-order valence-corrected chi connectivity index (χ3v) is 4.60. The molecule has 11 nitrogen and oxygen atoms in total. The lowest BCUT2D eigenvalue weighted by molar-refractivity contribution is -0.141. The number of carbonyl (C=O) groups is 5. The molecule has 1 aliphatic rings. The Morgan fingerprint density at radius 2 is 1.79 bits per heavy atom. The summed E-state index contributed by atoms with van der Waals surface area (Å²) < 4.78 is 0. The fourth-order valence-corrected chi connectivity index (χ4v) is 2.85. The highest BCUT2D eigenvalue weighted by Crippen LogP contribution is 2.05. The van der Waals surface area contributed by atoms with Crippen molar-refractivity contribution in [2.45, 2.75) is 56.8 Å². The molecule has 0 spiro atoms. The molecule has 0 bridgehead atoms. The first-order valence-electron chi connectivity index (χ1n) is 8.92. The fraction of sp³-hybridized carbons (Fsp3) is 0.688. The Balaban J connectivity index is 2.70. The van der Waals surface area contributed by atoms with Gasteiger partial charge in [0.2, 0.25) is 23.6 Å². The van der Waals surface area contributed by atoms with Crippen LogP contribution in [0.4, 0.5) is 0 Å². The molecule has 1 fully saturated rings. The van der Waals surface area contributed by atoms with Gasteiger partial charge in [-0.1, -0.05) is 0 Å². The summed E-state index contributed by atoms with van der Waals surface area (Å²) in [4.78, 5) is 58.9. The summed E-state index contributed by atoms with van der Waals surface area (Å²) in [5.74, 6) is -3.86. The molecule has 4 amide bonds. The molecule has 28 heavy (non-hydrogen) atoms. The van der Waals surface area contributed by atoms with Gasteiger partial charge in [0.05, 0.1) is 6.04 Å². The highest BCUT2D eigenvalue weighted by Gasteiger charge is 2.29. The smallest absolute Gasteiger partial charge is 0.327 e. The maximum absolute atomic E-state index is 12.4. The van der Waals surface area contributed by atoms with Gasteiger partial charge in [0.25, 0.3) is 0 Å². The molecule has 0 aromatic heterocycles. The summed E-state index contributed by atoms with van der Waals surface area (Å²) in [7, 11) is 0. The lowest BCUT2D eigenvalue weighted by Gasteiger charge is -2.23. The number of carboxylic acids is 1. The number of carboxylic acid groups (broad SMARTS) is 1. The van der Waals surface area contributed by atoms with Crippen molar-refractivity contribution in [2.24, 2.45) is 5.73 Å². The zero-order valence-electron chi connectivity index (χ0n) is 15.6. The molecule has 7 N–H and O–H groups in total. The number of thiol groups is 1. The van der Waals surface area contributed by atoms with Crippen molar-refractivity contribution >= 4 is 42.2 Å². The molecule has 0 radical (unpaired) electrons. The molecule has 0 saturated carbocycles. The predicted octanol–water partition coefficient (Wildman–Crippen LogP) is -2.51. The molecule has 158 valence electrons.